The van der Waals surface area contributed by atoms with E-state index in [0.717, 1.165) is 19.3 Å². The van der Waals surface area contributed by atoms with E-state index in [-0.39, 0.29) is 18.0 Å². The van der Waals surface area contributed by atoms with E-state index in [4.69, 9.17) is 14.2 Å². The van der Waals surface area contributed by atoms with Gasteiger partial charge in [0.2, 0.25) is 0 Å². The zero-order valence-electron chi connectivity index (χ0n) is 14.2. The number of hydrogen-bond acceptors (Lipinski definition) is 6. The molecule has 140 valence electrons. The highest BCUT2D eigenvalue weighted by molar-refractivity contribution is 7.52. The maximum absolute atomic E-state index is 12.8. The SMILES string of the molecule is CCCCCCOP(=O)(NC(C)C(=O)O)Oc1ccc([N+](=O)[O-])cc1. The number of nitro groups is 1. The second-order valence-corrected chi connectivity index (χ2v) is 7.12. The molecule has 0 amide bonds. The molecule has 0 bridgehead atoms. The predicted molar refractivity (Wildman–Crippen MR) is 91.7 cm³/mol. The number of unbranched alkanes of at least 4 members (excludes halogenated alkanes) is 3. The first-order valence-electron chi connectivity index (χ1n) is 7.96. The van der Waals surface area contributed by atoms with Crippen LogP contribution in [0.5, 0.6) is 5.75 Å². The van der Waals surface area contributed by atoms with Gasteiger partial charge in [-0.05, 0) is 25.5 Å². The largest absolute Gasteiger partial charge is 0.480 e. The zero-order valence-corrected chi connectivity index (χ0v) is 15.1. The molecule has 9 nitrogen and oxygen atoms in total. The highest BCUT2D eigenvalue weighted by atomic mass is 31.2. The molecule has 2 N–H and O–H groups in total. The fraction of sp³-hybridized carbons (Fsp3) is 0.533. The van der Waals surface area contributed by atoms with E-state index in [1.165, 1.54) is 31.2 Å². The second-order valence-electron chi connectivity index (χ2n) is 5.42. The minimum absolute atomic E-state index is 0.0765. The van der Waals surface area contributed by atoms with Crippen LogP contribution >= 0.6 is 7.75 Å². The molecule has 2 unspecified atom stereocenters. The fourth-order valence-corrected chi connectivity index (χ4v) is 3.40. The first kappa shape index (κ1) is 21.1. The molecule has 2 atom stereocenters. The van der Waals surface area contributed by atoms with Gasteiger partial charge in [0.25, 0.3) is 5.69 Å². The maximum Gasteiger partial charge on any atom is 0.459 e. The molecular formula is C15H23N2O7P. The lowest BCUT2D eigenvalue weighted by Gasteiger charge is -2.21. The van der Waals surface area contributed by atoms with Gasteiger partial charge in [-0.2, -0.15) is 5.09 Å². The molecule has 0 fully saturated rings. The Hall–Kier alpha value is -1.96. The highest BCUT2D eigenvalue weighted by Gasteiger charge is 2.31. The van der Waals surface area contributed by atoms with Crippen molar-refractivity contribution in [3.63, 3.8) is 0 Å². The van der Waals surface area contributed by atoms with Gasteiger partial charge in [0.1, 0.15) is 11.8 Å². The molecule has 0 radical (unpaired) electrons. The minimum atomic E-state index is -3.94. The van der Waals surface area contributed by atoms with Gasteiger partial charge in [0.15, 0.2) is 0 Å². The number of benzene rings is 1. The average Bonchev–Trinajstić information content (AvgIpc) is 2.55. The zero-order chi connectivity index (χ0) is 18.9. The molecule has 0 saturated carbocycles. The van der Waals surface area contributed by atoms with Crippen LogP contribution in [0.1, 0.15) is 39.5 Å². The summed E-state index contributed by atoms with van der Waals surface area (Å²) in [5.41, 5.74) is -0.144. The molecule has 1 aromatic carbocycles. The number of non-ortho nitro benzene ring substituents is 1. The molecule has 0 aromatic heterocycles. The molecule has 25 heavy (non-hydrogen) atoms. The molecule has 10 heteroatoms. The summed E-state index contributed by atoms with van der Waals surface area (Å²) in [6.07, 6.45) is 3.59. The smallest absolute Gasteiger partial charge is 0.459 e. The number of nitro benzene ring substituents is 1. The van der Waals surface area contributed by atoms with Crippen molar-refractivity contribution in [3.8, 4) is 5.75 Å². The summed E-state index contributed by atoms with van der Waals surface area (Å²) in [7, 11) is -3.94. The Labute approximate surface area is 146 Å². The second kappa shape index (κ2) is 10.1. The van der Waals surface area contributed by atoms with Crippen molar-refractivity contribution >= 4 is 19.4 Å². The number of nitrogens with zero attached hydrogens (tertiary/aromatic N) is 1. The third-order valence-corrected chi connectivity index (χ3v) is 4.93. The Bertz CT molecular complexity index is 621. The average molecular weight is 374 g/mol. The molecule has 0 aliphatic rings. The summed E-state index contributed by atoms with van der Waals surface area (Å²) >= 11 is 0. The monoisotopic (exact) mass is 374 g/mol. The van der Waals surface area contributed by atoms with Gasteiger partial charge in [0, 0.05) is 12.1 Å². The predicted octanol–water partition coefficient (Wildman–Crippen LogP) is 3.74. The van der Waals surface area contributed by atoms with Gasteiger partial charge >= 0.3 is 13.7 Å². The first-order chi connectivity index (χ1) is 11.8. The van der Waals surface area contributed by atoms with E-state index in [0.29, 0.717) is 6.42 Å². The molecule has 0 aliphatic carbocycles. The van der Waals surface area contributed by atoms with Gasteiger partial charge < -0.3 is 9.63 Å². The summed E-state index contributed by atoms with van der Waals surface area (Å²) < 4.78 is 23.4. The van der Waals surface area contributed by atoms with E-state index >= 15 is 0 Å². The van der Waals surface area contributed by atoms with E-state index in [2.05, 4.69) is 12.0 Å². The minimum Gasteiger partial charge on any atom is -0.480 e. The topological polar surface area (TPSA) is 128 Å². The third-order valence-electron chi connectivity index (χ3n) is 3.25. The third kappa shape index (κ3) is 7.64. The van der Waals surface area contributed by atoms with Crippen LogP contribution in [0.3, 0.4) is 0 Å². The summed E-state index contributed by atoms with van der Waals surface area (Å²) in [6.45, 7) is 3.51. The van der Waals surface area contributed by atoms with Crippen molar-refractivity contribution in [2.45, 2.75) is 45.6 Å². The van der Waals surface area contributed by atoms with Crippen molar-refractivity contribution in [3.05, 3.63) is 34.4 Å². The molecule has 0 heterocycles. The first-order valence-corrected chi connectivity index (χ1v) is 9.51. The standard InChI is InChI=1S/C15H23N2O7P/c1-3-4-5-6-11-23-25(22,16-12(2)15(18)19)24-14-9-7-13(8-10-14)17(20)21/h7-10,12H,3-6,11H2,1-2H3,(H,16,22)(H,18,19). The number of carboxylic acids is 1. The van der Waals surface area contributed by atoms with Crippen LogP contribution in [-0.2, 0) is 13.9 Å². The lowest BCUT2D eigenvalue weighted by Crippen LogP contribution is -2.33. The number of hydrogen-bond donors (Lipinski definition) is 2. The normalized spacial score (nSPS) is 14.5. The number of aliphatic carboxylic acids is 1. The van der Waals surface area contributed by atoms with E-state index in [1.807, 2.05) is 0 Å². The quantitative estimate of drug-likeness (QED) is 0.245. The van der Waals surface area contributed by atoms with Crippen molar-refractivity contribution in [1.82, 2.24) is 5.09 Å². The Morgan fingerprint density at radius 2 is 1.96 bits per heavy atom. The number of carboxylic acid groups (broad SMARTS) is 1. The Balaban J connectivity index is 2.79. The van der Waals surface area contributed by atoms with Crippen LogP contribution in [-0.4, -0.2) is 28.6 Å². The van der Waals surface area contributed by atoms with E-state index in [1.54, 1.807) is 0 Å². The van der Waals surface area contributed by atoms with Crippen LogP contribution in [0.15, 0.2) is 24.3 Å². The molecule has 1 rings (SSSR count). The van der Waals surface area contributed by atoms with Gasteiger partial charge in [-0.15, -0.1) is 0 Å². The fourth-order valence-electron chi connectivity index (χ4n) is 1.86. The van der Waals surface area contributed by atoms with Crippen molar-refractivity contribution in [1.29, 1.82) is 0 Å². The van der Waals surface area contributed by atoms with Crippen LogP contribution < -0.4 is 9.61 Å². The Morgan fingerprint density at radius 1 is 1.32 bits per heavy atom. The summed E-state index contributed by atoms with van der Waals surface area (Å²) in [5.74, 6) is -1.13. The van der Waals surface area contributed by atoms with Crippen LogP contribution in [0, 0.1) is 10.1 Å². The lowest BCUT2D eigenvalue weighted by molar-refractivity contribution is -0.384. The Kier molecular flexibility index (Phi) is 8.54. The summed E-state index contributed by atoms with van der Waals surface area (Å²) in [4.78, 5) is 21.1. The van der Waals surface area contributed by atoms with E-state index in [9.17, 15) is 19.5 Å². The highest BCUT2D eigenvalue weighted by Crippen LogP contribution is 2.45. The van der Waals surface area contributed by atoms with Crippen molar-refractivity contribution < 1.29 is 28.4 Å². The van der Waals surface area contributed by atoms with Crippen LogP contribution in [0.4, 0.5) is 5.69 Å². The molecular weight excluding hydrogens is 351 g/mol. The number of nitrogens with one attached hydrogen (secondary N) is 1. The van der Waals surface area contributed by atoms with Crippen LogP contribution in [0.25, 0.3) is 0 Å². The molecule has 0 spiro atoms. The summed E-state index contributed by atoms with van der Waals surface area (Å²) in [6, 6.07) is 3.79. The van der Waals surface area contributed by atoms with Crippen molar-refractivity contribution in [2.24, 2.45) is 0 Å². The van der Waals surface area contributed by atoms with Crippen molar-refractivity contribution in [2.75, 3.05) is 6.61 Å². The van der Waals surface area contributed by atoms with Crippen LogP contribution in [0.2, 0.25) is 0 Å². The molecule has 0 aliphatic heterocycles. The molecule has 1 aromatic rings. The maximum atomic E-state index is 12.8. The number of rotatable bonds is 12. The lowest BCUT2D eigenvalue weighted by atomic mass is 10.2. The summed E-state index contributed by atoms with van der Waals surface area (Å²) in [5, 5.41) is 22.0. The molecule has 0 saturated heterocycles. The Morgan fingerprint density at radius 3 is 2.48 bits per heavy atom. The van der Waals surface area contributed by atoms with E-state index < -0.39 is 24.7 Å². The van der Waals surface area contributed by atoms with Gasteiger partial charge in [0.05, 0.1) is 11.5 Å². The van der Waals surface area contributed by atoms with Gasteiger partial charge in [-0.1, -0.05) is 26.2 Å². The van der Waals surface area contributed by atoms with Gasteiger partial charge in [-0.3, -0.25) is 19.4 Å². The number of carbonyl (C=O) groups is 1. The van der Waals surface area contributed by atoms with Gasteiger partial charge in [-0.25, -0.2) is 4.57 Å².